The van der Waals surface area contributed by atoms with Gasteiger partial charge in [-0.2, -0.15) is 0 Å². The summed E-state index contributed by atoms with van der Waals surface area (Å²) in [5.41, 5.74) is 0.274. The van der Waals surface area contributed by atoms with Crippen LogP contribution in [-0.4, -0.2) is 64.1 Å². The van der Waals surface area contributed by atoms with Crippen molar-refractivity contribution in [1.82, 2.24) is 14.8 Å². The zero-order valence-electron chi connectivity index (χ0n) is 14.2. The molecule has 0 radical (unpaired) electrons. The number of carbonyl (C=O) groups is 2. The van der Waals surface area contributed by atoms with Crippen molar-refractivity contribution in [3.63, 3.8) is 0 Å². The van der Waals surface area contributed by atoms with E-state index < -0.39 is 5.60 Å². The molecule has 1 saturated heterocycles. The first-order valence-electron chi connectivity index (χ1n) is 8.14. The quantitative estimate of drug-likeness (QED) is 0.837. The Hall–Kier alpha value is -2.44. The van der Waals surface area contributed by atoms with Crippen molar-refractivity contribution in [3.05, 3.63) is 30.1 Å². The Balaban J connectivity index is 1.64. The van der Waals surface area contributed by atoms with Crippen LogP contribution in [0.15, 0.2) is 29.6 Å². The largest absolute Gasteiger partial charge is 0.386 e. The normalized spacial score (nSPS) is 22.7. The van der Waals surface area contributed by atoms with Gasteiger partial charge >= 0.3 is 0 Å². The highest BCUT2D eigenvalue weighted by molar-refractivity contribution is 6.39. The van der Waals surface area contributed by atoms with Crippen LogP contribution in [0.4, 0.5) is 0 Å². The highest BCUT2D eigenvalue weighted by Crippen LogP contribution is 2.34. The molecule has 1 aromatic rings. The standard InChI is InChI=1S/C17H22N4O3/c1-12(2)20(3)15(22)14-10-17(24-19-14)7-9-21(11-17)16(23)13-6-4-5-8-18-13/h4-6,8,12H,7,9-11H2,1-3H3/t17-/m1/s1. The van der Waals surface area contributed by atoms with Gasteiger partial charge in [0.25, 0.3) is 11.8 Å². The molecule has 2 aliphatic rings. The number of amides is 2. The summed E-state index contributed by atoms with van der Waals surface area (Å²) >= 11 is 0. The molecular weight excluding hydrogens is 308 g/mol. The summed E-state index contributed by atoms with van der Waals surface area (Å²) in [6.07, 6.45) is 2.71. The summed E-state index contributed by atoms with van der Waals surface area (Å²) in [5, 5.41) is 4.01. The summed E-state index contributed by atoms with van der Waals surface area (Å²) < 4.78 is 0. The van der Waals surface area contributed by atoms with E-state index in [1.54, 1.807) is 41.2 Å². The second kappa shape index (κ2) is 6.22. The van der Waals surface area contributed by atoms with Crippen molar-refractivity contribution in [2.45, 2.75) is 38.3 Å². The summed E-state index contributed by atoms with van der Waals surface area (Å²) in [7, 11) is 1.76. The molecule has 1 fully saturated rings. The Labute approximate surface area is 141 Å². The van der Waals surface area contributed by atoms with Gasteiger partial charge in [0.15, 0.2) is 5.60 Å². The zero-order chi connectivity index (χ0) is 17.3. The third-order valence-corrected chi connectivity index (χ3v) is 4.67. The van der Waals surface area contributed by atoms with E-state index in [2.05, 4.69) is 10.1 Å². The van der Waals surface area contributed by atoms with Gasteiger partial charge in [-0.15, -0.1) is 0 Å². The van der Waals surface area contributed by atoms with Gasteiger partial charge in [0, 0.05) is 38.7 Å². The highest BCUT2D eigenvalue weighted by Gasteiger charge is 2.48. The summed E-state index contributed by atoms with van der Waals surface area (Å²) in [6.45, 7) is 4.90. The van der Waals surface area contributed by atoms with Gasteiger partial charge in [-0.25, -0.2) is 0 Å². The van der Waals surface area contributed by atoms with Crippen LogP contribution < -0.4 is 0 Å². The predicted molar refractivity (Wildman–Crippen MR) is 88.5 cm³/mol. The zero-order valence-corrected chi connectivity index (χ0v) is 14.2. The Kier molecular flexibility index (Phi) is 4.26. The van der Waals surface area contributed by atoms with Crippen molar-refractivity contribution >= 4 is 17.5 Å². The number of pyridine rings is 1. The molecule has 24 heavy (non-hydrogen) atoms. The van der Waals surface area contributed by atoms with E-state index in [0.717, 1.165) is 0 Å². The number of hydrogen-bond acceptors (Lipinski definition) is 5. The minimum absolute atomic E-state index is 0.0996. The number of carbonyl (C=O) groups excluding carboxylic acids is 2. The van der Waals surface area contributed by atoms with Crippen LogP contribution >= 0.6 is 0 Å². The lowest BCUT2D eigenvalue weighted by molar-refractivity contribution is -0.124. The van der Waals surface area contributed by atoms with Gasteiger partial charge in [-0.1, -0.05) is 11.2 Å². The molecular formula is C17H22N4O3. The summed E-state index contributed by atoms with van der Waals surface area (Å²) in [4.78, 5) is 38.0. The molecule has 0 aliphatic carbocycles. The third kappa shape index (κ3) is 2.98. The number of likely N-dealkylation sites (tertiary alicyclic amines) is 1. The van der Waals surface area contributed by atoms with Gasteiger partial charge in [0.1, 0.15) is 11.4 Å². The molecule has 1 aromatic heterocycles. The van der Waals surface area contributed by atoms with Crippen LogP contribution in [0.25, 0.3) is 0 Å². The van der Waals surface area contributed by atoms with Crippen LogP contribution in [-0.2, 0) is 9.63 Å². The van der Waals surface area contributed by atoms with Crippen LogP contribution in [0.5, 0.6) is 0 Å². The van der Waals surface area contributed by atoms with Crippen molar-refractivity contribution in [1.29, 1.82) is 0 Å². The Bertz CT molecular complexity index is 674. The van der Waals surface area contributed by atoms with E-state index in [9.17, 15) is 9.59 Å². The molecule has 3 heterocycles. The molecule has 0 aromatic carbocycles. The first-order chi connectivity index (χ1) is 11.4. The molecule has 0 bridgehead atoms. The third-order valence-electron chi connectivity index (χ3n) is 4.67. The molecule has 2 amide bonds. The second-order valence-corrected chi connectivity index (χ2v) is 6.69. The maximum absolute atomic E-state index is 12.5. The molecule has 128 valence electrons. The van der Waals surface area contributed by atoms with Crippen LogP contribution in [0.1, 0.15) is 37.2 Å². The van der Waals surface area contributed by atoms with Gasteiger partial charge in [-0.05, 0) is 26.0 Å². The molecule has 7 nitrogen and oxygen atoms in total. The van der Waals surface area contributed by atoms with Gasteiger partial charge in [-0.3, -0.25) is 14.6 Å². The maximum atomic E-state index is 12.5. The minimum atomic E-state index is -0.576. The van der Waals surface area contributed by atoms with Crippen LogP contribution in [0, 0.1) is 0 Å². The van der Waals surface area contributed by atoms with Gasteiger partial charge < -0.3 is 14.6 Å². The molecule has 0 unspecified atom stereocenters. The fourth-order valence-corrected chi connectivity index (χ4v) is 2.96. The summed E-state index contributed by atoms with van der Waals surface area (Å²) in [5.74, 6) is -0.230. The van der Waals surface area contributed by atoms with Crippen molar-refractivity contribution in [3.8, 4) is 0 Å². The van der Waals surface area contributed by atoms with E-state index in [-0.39, 0.29) is 17.9 Å². The van der Waals surface area contributed by atoms with Crippen molar-refractivity contribution in [2.75, 3.05) is 20.1 Å². The monoisotopic (exact) mass is 330 g/mol. The predicted octanol–water partition coefficient (Wildman–Crippen LogP) is 1.31. The number of rotatable bonds is 3. The smallest absolute Gasteiger partial charge is 0.272 e. The number of nitrogens with zero attached hydrogens (tertiary/aromatic N) is 4. The Morgan fingerprint density at radius 2 is 2.17 bits per heavy atom. The van der Waals surface area contributed by atoms with Crippen LogP contribution in [0.3, 0.4) is 0 Å². The molecule has 0 saturated carbocycles. The topological polar surface area (TPSA) is 75.1 Å². The van der Waals surface area contributed by atoms with Gasteiger partial charge in [0.2, 0.25) is 0 Å². The molecule has 0 N–H and O–H groups in total. The molecule has 1 atom stereocenters. The SMILES string of the molecule is CC(C)N(C)C(=O)C1=NO[C@]2(CCN(C(=O)c3ccccn3)C2)C1. The van der Waals surface area contributed by atoms with E-state index in [1.807, 2.05) is 13.8 Å². The number of aromatic nitrogens is 1. The highest BCUT2D eigenvalue weighted by atomic mass is 16.7. The first kappa shape index (κ1) is 16.4. The fraction of sp³-hybridized carbons (Fsp3) is 0.529. The Morgan fingerprint density at radius 3 is 2.83 bits per heavy atom. The van der Waals surface area contributed by atoms with Crippen LogP contribution in [0.2, 0.25) is 0 Å². The van der Waals surface area contributed by atoms with E-state index in [1.165, 1.54) is 0 Å². The van der Waals surface area contributed by atoms with Gasteiger partial charge in [0.05, 0.1) is 6.54 Å². The molecule has 1 spiro atoms. The molecule has 3 rings (SSSR count). The lowest BCUT2D eigenvalue weighted by atomic mass is 9.96. The van der Waals surface area contributed by atoms with Crippen molar-refractivity contribution < 1.29 is 14.4 Å². The number of hydrogen-bond donors (Lipinski definition) is 0. The van der Waals surface area contributed by atoms with E-state index in [0.29, 0.717) is 37.3 Å². The lowest BCUT2D eigenvalue weighted by Gasteiger charge is -2.23. The van der Waals surface area contributed by atoms with Crippen molar-refractivity contribution in [2.24, 2.45) is 5.16 Å². The number of oxime groups is 1. The average Bonchev–Trinajstić information content (AvgIpc) is 3.21. The first-order valence-corrected chi connectivity index (χ1v) is 8.14. The summed E-state index contributed by atoms with van der Waals surface area (Å²) in [6, 6.07) is 5.37. The molecule has 7 heteroatoms. The van der Waals surface area contributed by atoms with E-state index >= 15 is 0 Å². The average molecular weight is 330 g/mol. The Morgan fingerprint density at radius 1 is 1.38 bits per heavy atom. The van der Waals surface area contributed by atoms with E-state index in [4.69, 9.17) is 4.84 Å². The fourth-order valence-electron chi connectivity index (χ4n) is 2.96. The second-order valence-electron chi connectivity index (χ2n) is 6.69. The maximum Gasteiger partial charge on any atom is 0.272 e. The molecule has 2 aliphatic heterocycles. The lowest BCUT2D eigenvalue weighted by Crippen LogP contribution is -2.41. The minimum Gasteiger partial charge on any atom is -0.386 e.